The molecule has 0 spiro atoms. The highest BCUT2D eigenvalue weighted by Crippen LogP contribution is 2.14. The second-order valence-electron chi connectivity index (χ2n) is 3.68. The highest BCUT2D eigenvalue weighted by atomic mass is 16.5. The van der Waals surface area contributed by atoms with E-state index in [9.17, 15) is 4.79 Å². The molecular weight excluding hydrogens is 216 g/mol. The van der Waals surface area contributed by atoms with Crippen molar-refractivity contribution in [1.29, 1.82) is 0 Å². The van der Waals surface area contributed by atoms with Crippen molar-refractivity contribution in [3.8, 4) is 5.88 Å². The van der Waals surface area contributed by atoms with Crippen LogP contribution in [0.15, 0.2) is 36.8 Å². The minimum atomic E-state index is -0.410. The number of benzene rings is 1. The summed E-state index contributed by atoms with van der Waals surface area (Å²) in [6.07, 6.45) is 4.41. The van der Waals surface area contributed by atoms with E-state index in [-0.39, 0.29) is 5.88 Å². The Morgan fingerprint density at radius 1 is 1.24 bits per heavy atom. The van der Waals surface area contributed by atoms with Gasteiger partial charge in [-0.3, -0.25) is 4.98 Å². The number of carbonyl (C=O) groups is 1. The summed E-state index contributed by atoms with van der Waals surface area (Å²) >= 11 is 0. The van der Waals surface area contributed by atoms with Gasteiger partial charge in [0, 0.05) is 12.4 Å². The third-order valence-electron chi connectivity index (χ3n) is 2.56. The van der Waals surface area contributed by atoms with Crippen LogP contribution < -0.4 is 4.74 Å². The van der Waals surface area contributed by atoms with Crippen LogP contribution in [0, 0.1) is 13.8 Å². The molecule has 0 saturated heterocycles. The number of hydrogen-bond acceptors (Lipinski definition) is 4. The SMILES string of the molecule is Cc1cccc(C(=O)Oc2cnccn2)c1C. The zero-order chi connectivity index (χ0) is 12.3. The predicted octanol–water partition coefficient (Wildman–Crippen LogP) is 2.31. The molecule has 0 N–H and O–H groups in total. The van der Waals surface area contributed by atoms with Gasteiger partial charge in [-0.25, -0.2) is 9.78 Å². The van der Waals surface area contributed by atoms with Crippen LogP contribution in [0.2, 0.25) is 0 Å². The summed E-state index contributed by atoms with van der Waals surface area (Å²) in [5.41, 5.74) is 2.52. The van der Waals surface area contributed by atoms with Gasteiger partial charge in [0.2, 0.25) is 5.88 Å². The van der Waals surface area contributed by atoms with Crippen molar-refractivity contribution in [2.45, 2.75) is 13.8 Å². The van der Waals surface area contributed by atoms with E-state index in [1.807, 2.05) is 26.0 Å². The van der Waals surface area contributed by atoms with Gasteiger partial charge >= 0.3 is 5.97 Å². The largest absolute Gasteiger partial charge is 0.402 e. The fraction of sp³-hybridized carbons (Fsp3) is 0.154. The molecule has 0 amide bonds. The Bertz CT molecular complexity index is 538. The molecule has 0 aliphatic carbocycles. The normalized spacial score (nSPS) is 10.0. The van der Waals surface area contributed by atoms with Crippen LogP contribution in [0.5, 0.6) is 5.88 Å². The van der Waals surface area contributed by atoms with E-state index < -0.39 is 5.97 Å². The number of esters is 1. The third kappa shape index (κ3) is 2.47. The van der Waals surface area contributed by atoms with Gasteiger partial charge in [0.15, 0.2) is 0 Å². The Kier molecular flexibility index (Phi) is 3.14. The molecule has 1 aromatic heterocycles. The van der Waals surface area contributed by atoms with E-state index in [0.29, 0.717) is 5.56 Å². The van der Waals surface area contributed by atoms with Gasteiger partial charge in [-0.2, -0.15) is 0 Å². The quantitative estimate of drug-likeness (QED) is 0.740. The fourth-order valence-electron chi connectivity index (χ4n) is 1.46. The van der Waals surface area contributed by atoms with E-state index in [4.69, 9.17) is 4.74 Å². The molecule has 1 heterocycles. The van der Waals surface area contributed by atoms with Gasteiger partial charge in [-0.05, 0) is 31.0 Å². The van der Waals surface area contributed by atoms with Crippen LogP contribution in [-0.2, 0) is 0 Å². The van der Waals surface area contributed by atoms with Crippen molar-refractivity contribution in [3.63, 3.8) is 0 Å². The van der Waals surface area contributed by atoms with Crippen LogP contribution in [-0.4, -0.2) is 15.9 Å². The molecule has 1 aromatic carbocycles. The van der Waals surface area contributed by atoms with E-state index in [2.05, 4.69) is 9.97 Å². The molecule has 2 aromatic rings. The lowest BCUT2D eigenvalue weighted by Crippen LogP contribution is -2.11. The number of ether oxygens (including phenoxy) is 1. The standard InChI is InChI=1S/C13H12N2O2/c1-9-4-3-5-11(10(9)2)13(16)17-12-8-14-6-7-15-12/h3-8H,1-2H3. The number of rotatable bonds is 2. The Labute approximate surface area is 99.3 Å². The van der Waals surface area contributed by atoms with Crippen molar-refractivity contribution in [2.24, 2.45) is 0 Å². The summed E-state index contributed by atoms with van der Waals surface area (Å²) in [6, 6.07) is 5.52. The molecule has 0 radical (unpaired) electrons. The second kappa shape index (κ2) is 4.74. The van der Waals surface area contributed by atoms with Crippen molar-refractivity contribution in [3.05, 3.63) is 53.5 Å². The maximum absolute atomic E-state index is 11.9. The van der Waals surface area contributed by atoms with Crippen LogP contribution in [0.25, 0.3) is 0 Å². The molecular formula is C13H12N2O2. The zero-order valence-electron chi connectivity index (χ0n) is 9.68. The van der Waals surface area contributed by atoms with Gasteiger partial charge in [0.1, 0.15) is 0 Å². The van der Waals surface area contributed by atoms with Gasteiger partial charge in [-0.15, -0.1) is 0 Å². The number of aryl methyl sites for hydroxylation is 1. The summed E-state index contributed by atoms with van der Waals surface area (Å²) in [4.78, 5) is 19.6. The third-order valence-corrected chi connectivity index (χ3v) is 2.56. The molecule has 0 unspecified atom stereocenters. The first-order chi connectivity index (χ1) is 8.18. The van der Waals surface area contributed by atoms with Crippen LogP contribution in [0.3, 0.4) is 0 Å². The molecule has 4 nitrogen and oxygen atoms in total. The number of hydrogen-bond donors (Lipinski definition) is 0. The molecule has 0 saturated carbocycles. The molecule has 17 heavy (non-hydrogen) atoms. The average Bonchev–Trinajstić information content (AvgIpc) is 2.34. The lowest BCUT2D eigenvalue weighted by Gasteiger charge is -2.07. The molecule has 0 aliphatic rings. The van der Waals surface area contributed by atoms with Crippen LogP contribution in [0.4, 0.5) is 0 Å². The van der Waals surface area contributed by atoms with Crippen LogP contribution in [0.1, 0.15) is 21.5 Å². The van der Waals surface area contributed by atoms with Crippen molar-refractivity contribution >= 4 is 5.97 Å². The molecule has 0 bridgehead atoms. The predicted molar refractivity (Wildman–Crippen MR) is 62.9 cm³/mol. The van der Waals surface area contributed by atoms with Gasteiger partial charge < -0.3 is 4.74 Å². The zero-order valence-corrected chi connectivity index (χ0v) is 9.68. The molecule has 4 heteroatoms. The minimum absolute atomic E-state index is 0.207. The van der Waals surface area contributed by atoms with E-state index in [0.717, 1.165) is 11.1 Å². The molecule has 86 valence electrons. The van der Waals surface area contributed by atoms with E-state index >= 15 is 0 Å². The van der Waals surface area contributed by atoms with Crippen molar-refractivity contribution < 1.29 is 9.53 Å². The van der Waals surface area contributed by atoms with E-state index in [1.165, 1.54) is 18.6 Å². The first-order valence-electron chi connectivity index (χ1n) is 5.23. The van der Waals surface area contributed by atoms with Gasteiger partial charge in [0.25, 0.3) is 0 Å². The number of nitrogens with zero attached hydrogens (tertiary/aromatic N) is 2. The summed E-state index contributed by atoms with van der Waals surface area (Å²) in [6.45, 7) is 3.84. The minimum Gasteiger partial charge on any atom is -0.402 e. The topological polar surface area (TPSA) is 52.1 Å². The first kappa shape index (κ1) is 11.3. The van der Waals surface area contributed by atoms with Crippen molar-refractivity contribution in [2.75, 3.05) is 0 Å². The molecule has 0 atom stereocenters. The molecule has 0 fully saturated rings. The van der Waals surface area contributed by atoms with Crippen molar-refractivity contribution in [1.82, 2.24) is 9.97 Å². The Hall–Kier alpha value is -2.23. The van der Waals surface area contributed by atoms with Gasteiger partial charge in [-0.1, -0.05) is 12.1 Å². The lowest BCUT2D eigenvalue weighted by atomic mass is 10.0. The molecule has 2 rings (SSSR count). The summed E-state index contributed by atoms with van der Waals surface area (Å²) < 4.78 is 5.12. The summed E-state index contributed by atoms with van der Waals surface area (Å²) in [5.74, 6) is -0.204. The number of carbonyl (C=O) groups excluding carboxylic acids is 1. The average molecular weight is 228 g/mol. The Morgan fingerprint density at radius 2 is 2.06 bits per heavy atom. The Morgan fingerprint density at radius 3 is 2.76 bits per heavy atom. The maximum Gasteiger partial charge on any atom is 0.345 e. The van der Waals surface area contributed by atoms with E-state index in [1.54, 1.807) is 6.07 Å². The smallest absolute Gasteiger partial charge is 0.345 e. The highest BCUT2D eigenvalue weighted by molar-refractivity contribution is 5.92. The number of aromatic nitrogens is 2. The van der Waals surface area contributed by atoms with Gasteiger partial charge in [0.05, 0.1) is 11.8 Å². The maximum atomic E-state index is 11.9. The highest BCUT2D eigenvalue weighted by Gasteiger charge is 2.12. The fourth-order valence-corrected chi connectivity index (χ4v) is 1.46. The lowest BCUT2D eigenvalue weighted by molar-refractivity contribution is 0.0726. The van der Waals surface area contributed by atoms with Crippen LogP contribution >= 0.6 is 0 Å². The summed E-state index contributed by atoms with van der Waals surface area (Å²) in [5, 5.41) is 0. The molecule has 0 aliphatic heterocycles. The summed E-state index contributed by atoms with van der Waals surface area (Å²) in [7, 11) is 0. The Balaban J connectivity index is 2.24. The second-order valence-corrected chi connectivity index (χ2v) is 3.68. The first-order valence-corrected chi connectivity index (χ1v) is 5.23. The monoisotopic (exact) mass is 228 g/mol.